The molecule has 0 saturated carbocycles. The van der Waals surface area contributed by atoms with E-state index in [2.05, 4.69) is 12.2 Å². The van der Waals surface area contributed by atoms with E-state index in [9.17, 15) is 4.79 Å². The van der Waals surface area contributed by atoms with Gasteiger partial charge in [-0.05, 0) is 20.3 Å². The molecular formula is C12H21N3O. The zero-order chi connectivity index (χ0) is 12.4. The monoisotopic (exact) mass is 223 g/mol. The van der Waals surface area contributed by atoms with Gasteiger partial charge in [-0.15, -0.1) is 0 Å². The third-order valence-corrected chi connectivity index (χ3v) is 2.30. The van der Waals surface area contributed by atoms with Gasteiger partial charge in [-0.3, -0.25) is 4.79 Å². The van der Waals surface area contributed by atoms with Gasteiger partial charge < -0.3 is 10.2 Å². The van der Waals surface area contributed by atoms with Crippen molar-refractivity contribution in [1.82, 2.24) is 10.2 Å². The van der Waals surface area contributed by atoms with Gasteiger partial charge in [0.25, 0.3) is 5.91 Å². The fraction of sp³-hybridized carbons (Fsp3) is 0.667. The lowest BCUT2D eigenvalue weighted by atomic mass is 10.2. The Morgan fingerprint density at radius 3 is 2.44 bits per heavy atom. The molecule has 90 valence electrons. The fourth-order valence-electron chi connectivity index (χ4n) is 1.20. The number of nitrogens with zero attached hydrogens (tertiary/aromatic N) is 2. The molecule has 0 aromatic carbocycles. The van der Waals surface area contributed by atoms with E-state index in [4.69, 9.17) is 5.26 Å². The topological polar surface area (TPSA) is 56.1 Å². The Labute approximate surface area is 97.9 Å². The van der Waals surface area contributed by atoms with Crippen molar-refractivity contribution in [2.24, 2.45) is 0 Å². The van der Waals surface area contributed by atoms with E-state index in [0.717, 1.165) is 25.9 Å². The first kappa shape index (κ1) is 14.5. The van der Waals surface area contributed by atoms with Crippen LogP contribution in [0.2, 0.25) is 0 Å². The van der Waals surface area contributed by atoms with E-state index in [-0.39, 0.29) is 11.5 Å². The Bertz CT molecular complexity index is 274. The second-order valence-electron chi connectivity index (χ2n) is 3.49. The molecule has 0 aliphatic rings. The van der Waals surface area contributed by atoms with E-state index < -0.39 is 0 Å². The minimum atomic E-state index is -0.275. The zero-order valence-corrected chi connectivity index (χ0v) is 10.4. The van der Waals surface area contributed by atoms with Crippen molar-refractivity contribution >= 4 is 5.91 Å². The zero-order valence-electron chi connectivity index (χ0n) is 10.4. The average Bonchev–Trinajstić information content (AvgIpc) is 2.31. The highest BCUT2D eigenvalue weighted by Gasteiger charge is 2.08. The minimum absolute atomic E-state index is 0.180. The number of nitriles is 1. The summed E-state index contributed by atoms with van der Waals surface area (Å²) in [6, 6.07) is 1.94. The molecule has 16 heavy (non-hydrogen) atoms. The molecule has 0 aliphatic heterocycles. The second kappa shape index (κ2) is 8.78. The Hall–Kier alpha value is -1.50. The van der Waals surface area contributed by atoms with Crippen LogP contribution in [0.1, 0.15) is 33.6 Å². The maximum absolute atomic E-state index is 11.6. The lowest BCUT2D eigenvalue weighted by Crippen LogP contribution is -2.27. The molecule has 0 saturated heterocycles. The summed E-state index contributed by atoms with van der Waals surface area (Å²) in [5.41, 5.74) is 0.180. The average molecular weight is 223 g/mol. The van der Waals surface area contributed by atoms with Crippen molar-refractivity contribution < 1.29 is 4.79 Å². The van der Waals surface area contributed by atoms with Crippen LogP contribution in [0.25, 0.3) is 0 Å². The van der Waals surface area contributed by atoms with Crippen LogP contribution in [-0.4, -0.2) is 30.4 Å². The number of unbranched alkanes of at least 4 members (excludes halogenated alkanes) is 1. The van der Waals surface area contributed by atoms with E-state index >= 15 is 0 Å². The van der Waals surface area contributed by atoms with Crippen molar-refractivity contribution in [3.8, 4) is 6.07 Å². The quantitative estimate of drug-likeness (QED) is 0.405. The summed E-state index contributed by atoms with van der Waals surface area (Å²) in [6.45, 7) is 8.26. The van der Waals surface area contributed by atoms with Crippen LogP contribution in [0.3, 0.4) is 0 Å². The van der Waals surface area contributed by atoms with Crippen LogP contribution in [0.5, 0.6) is 0 Å². The first-order valence-corrected chi connectivity index (χ1v) is 5.83. The van der Waals surface area contributed by atoms with Crippen molar-refractivity contribution in [3.63, 3.8) is 0 Å². The van der Waals surface area contributed by atoms with Crippen LogP contribution < -0.4 is 5.32 Å². The lowest BCUT2D eigenvalue weighted by Gasteiger charge is -2.15. The van der Waals surface area contributed by atoms with Gasteiger partial charge in [-0.25, -0.2) is 0 Å². The van der Waals surface area contributed by atoms with Gasteiger partial charge in [-0.1, -0.05) is 13.3 Å². The maximum atomic E-state index is 11.6. The van der Waals surface area contributed by atoms with Gasteiger partial charge in [0.2, 0.25) is 0 Å². The number of hydrogen-bond acceptors (Lipinski definition) is 3. The predicted octanol–water partition coefficient (Wildman–Crippen LogP) is 1.65. The third kappa shape index (κ3) is 5.40. The molecule has 0 atom stereocenters. The number of carbonyl (C=O) groups excluding carboxylic acids is 1. The first-order valence-electron chi connectivity index (χ1n) is 5.83. The van der Waals surface area contributed by atoms with Crippen molar-refractivity contribution in [2.75, 3.05) is 19.6 Å². The molecule has 0 fully saturated rings. The molecule has 0 aromatic heterocycles. The minimum Gasteiger partial charge on any atom is -0.377 e. The summed E-state index contributed by atoms with van der Waals surface area (Å²) < 4.78 is 0. The summed E-state index contributed by atoms with van der Waals surface area (Å²) in [5.74, 6) is -0.275. The number of rotatable bonds is 7. The molecule has 0 rings (SSSR count). The van der Waals surface area contributed by atoms with Crippen LogP contribution in [-0.2, 0) is 4.79 Å². The lowest BCUT2D eigenvalue weighted by molar-refractivity contribution is -0.117. The van der Waals surface area contributed by atoms with Gasteiger partial charge in [0.05, 0.1) is 0 Å². The van der Waals surface area contributed by atoms with Crippen LogP contribution in [0, 0.1) is 11.3 Å². The van der Waals surface area contributed by atoms with Crippen molar-refractivity contribution in [2.45, 2.75) is 33.6 Å². The molecule has 0 aliphatic carbocycles. The number of hydrogen-bond donors (Lipinski definition) is 1. The summed E-state index contributed by atoms with van der Waals surface area (Å²) in [5, 5.41) is 11.6. The van der Waals surface area contributed by atoms with E-state index in [0.29, 0.717) is 6.54 Å². The molecule has 4 nitrogen and oxygen atoms in total. The van der Waals surface area contributed by atoms with E-state index in [1.54, 1.807) is 6.20 Å². The largest absolute Gasteiger partial charge is 0.377 e. The van der Waals surface area contributed by atoms with Crippen LogP contribution in [0.15, 0.2) is 11.8 Å². The van der Waals surface area contributed by atoms with Crippen molar-refractivity contribution in [1.29, 1.82) is 5.26 Å². The fourth-order valence-corrected chi connectivity index (χ4v) is 1.20. The Kier molecular flexibility index (Phi) is 7.96. The van der Waals surface area contributed by atoms with Gasteiger partial charge >= 0.3 is 0 Å². The van der Waals surface area contributed by atoms with Gasteiger partial charge in [-0.2, -0.15) is 5.26 Å². The van der Waals surface area contributed by atoms with E-state index in [1.807, 2.05) is 24.8 Å². The van der Waals surface area contributed by atoms with Crippen LogP contribution in [0.4, 0.5) is 0 Å². The predicted molar refractivity (Wildman–Crippen MR) is 64.5 cm³/mol. The second-order valence-corrected chi connectivity index (χ2v) is 3.49. The SMILES string of the molecule is CCCCNC(=O)/C(C#N)=C\N(CC)CC. The molecule has 0 aromatic rings. The number of carbonyl (C=O) groups is 1. The molecular weight excluding hydrogens is 202 g/mol. The molecule has 1 N–H and O–H groups in total. The maximum Gasteiger partial charge on any atom is 0.263 e. The van der Waals surface area contributed by atoms with Gasteiger partial charge in [0, 0.05) is 25.8 Å². The summed E-state index contributed by atoms with van der Waals surface area (Å²) in [4.78, 5) is 13.5. The molecule has 0 spiro atoms. The highest BCUT2D eigenvalue weighted by molar-refractivity contribution is 5.97. The normalized spacial score (nSPS) is 10.8. The molecule has 0 bridgehead atoms. The Morgan fingerprint density at radius 2 is 2.00 bits per heavy atom. The summed E-state index contributed by atoms with van der Waals surface area (Å²) in [7, 11) is 0. The number of nitrogens with one attached hydrogen (secondary N) is 1. The first-order chi connectivity index (χ1) is 7.69. The van der Waals surface area contributed by atoms with E-state index in [1.165, 1.54) is 0 Å². The Morgan fingerprint density at radius 1 is 1.38 bits per heavy atom. The van der Waals surface area contributed by atoms with Gasteiger partial charge in [0.1, 0.15) is 11.6 Å². The highest BCUT2D eigenvalue weighted by atomic mass is 16.1. The van der Waals surface area contributed by atoms with Crippen molar-refractivity contribution in [3.05, 3.63) is 11.8 Å². The molecule has 1 amide bonds. The standard InChI is InChI=1S/C12H21N3O/c1-4-7-8-14-12(16)11(9-13)10-15(5-2)6-3/h10H,4-8H2,1-3H3,(H,14,16)/b11-10-. The van der Waals surface area contributed by atoms with Gasteiger partial charge in [0.15, 0.2) is 0 Å². The Balaban J connectivity index is 4.37. The smallest absolute Gasteiger partial charge is 0.263 e. The van der Waals surface area contributed by atoms with Crippen LogP contribution >= 0.6 is 0 Å². The highest BCUT2D eigenvalue weighted by Crippen LogP contribution is 1.98. The molecule has 0 radical (unpaired) electrons. The molecule has 0 unspecified atom stereocenters. The molecule has 4 heteroatoms. The summed E-state index contributed by atoms with van der Waals surface area (Å²) >= 11 is 0. The number of amides is 1. The molecule has 0 heterocycles. The third-order valence-electron chi connectivity index (χ3n) is 2.30. The summed E-state index contributed by atoms with van der Waals surface area (Å²) in [6.07, 6.45) is 3.60.